The molecule has 0 spiro atoms. The van der Waals surface area contributed by atoms with E-state index in [4.69, 9.17) is 22.4 Å². The van der Waals surface area contributed by atoms with Crippen LogP contribution < -0.4 is 59.1 Å². The van der Waals surface area contributed by atoms with Crippen LogP contribution in [0.1, 0.15) is 71.1 Å². The van der Waals surface area contributed by atoms with E-state index in [0.717, 1.165) is 6.42 Å². The summed E-state index contributed by atoms with van der Waals surface area (Å²) in [6, 6.07) is 0. The van der Waals surface area contributed by atoms with Crippen LogP contribution in [0.4, 0.5) is 0 Å². The second-order valence-electron chi connectivity index (χ2n) is 4.68. The maximum atomic E-state index is 8.52. The van der Waals surface area contributed by atoms with Gasteiger partial charge in [0.1, 0.15) is 6.26 Å². The molecule has 0 aromatic carbocycles. The predicted molar refractivity (Wildman–Crippen MR) is 79.6 cm³/mol. The summed E-state index contributed by atoms with van der Waals surface area (Å²) in [4.78, 5) is 9.42. The molecule has 0 saturated carbocycles. The smallest absolute Gasteiger partial charge is 0.759 e. The molecule has 0 unspecified atom stereocenters. The summed E-state index contributed by atoms with van der Waals surface area (Å²) >= 11 is 0. The van der Waals surface area contributed by atoms with Crippen molar-refractivity contribution in [3.63, 3.8) is 0 Å². The van der Waals surface area contributed by atoms with E-state index in [1.807, 2.05) is 0 Å². The summed E-state index contributed by atoms with van der Waals surface area (Å²) < 4.78 is 34.1. The SMILES string of the molecule is C=COOCCCCCCCCCCCC.O=S(=O)([O-])[O-].[Na+].[Na+]. The fourth-order valence-corrected chi connectivity index (χ4v) is 1.74. The van der Waals surface area contributed by atoms with Crippen molar-refractivity contribution in [2.24, 2.45) is 0 Å². The molecule has 0 heterocycles. The Hall–Kier alpha value is 1.37. The average Bonchev–Trinajstić information content (AvgIpc) is 2.38. The molecular formula is C14H28Na2O6S. The third kappa shape index (κ3) is 51.7. The van der Waals surface area contributed by atoms with Crippen LogP contribution in [0.3, 0.4) is 0 Å². The van der Waals surface area contributed by atoms with Crippen LogP contribution in [0.25, 0.3) is 0 Å². The Labute approximate surface area is 185 Å². The first-order valence-corrected chi connectivity index (χ1v) is 8.81. The summed E-state index contributed by atoms with van der Waals surface area (Å²) in [5.74, 6) is 0. The van der Waals surface area contributed by atoms with E-state index in [-0.39, 0.29) is 59.1 Å². The fraction of sp³-hybridized carbons (Fsp3) is 0.857. The zero-order valence-electron chi connectivity index (χ0n) is 14.9. The van der Waals surface area contributed by atoms with Gasteiger partial charge in [0.25, 0.3) is 0 Å². The molecule has 0 aliphatic rings. The van der Waals surface area contributed by atoms with Crippen LogP contribution in [0.2, 0.25) is 0 Å². The van der Waals surface area contributed by atoms with Crippen molar-refractivity contribution in [3.05, 3.63) is 12.8 Å². The van der Waals surface area contributed by atoms with E-state index in [2.05, 4.69) is 18.4 Å². The van der Waals surface area contributed by atoms with Gasteiger partial charge in [-0.2, -0.15) is 4.89 Å². The molecule has 0 N–H and O–H groups in total. The predicted octanol–water partition coefficient (Wildman–Crippen LogP) is -2.33. The van der Waals surface area contributed by atoms with Crippen LogP contribution in [0.5, 0.6) is 0 Å². The van der Waals surface area contributed by atoms with Crippen molar-refractivity contribution in [1.29, 1.82) is 0 Å². The first-order valence-electron chi connectivity index (χ1n) is 7.47. The normalized spacial score (nSPS) is 9.70. The summed E-state index contributed by atoms with van der Waals surface area (Å²) in [6.07, 6.45) is 14.7. The van der Waals surface area contributed by atoms with Gasteiger partial charge >= 0.3 is 59.1 Å². The van der Waals surface area contributed by atoms with Crippen molar-refractivity contribution in [3.8, 4) is 0 Å². The Bertz CT molecular complexity index is 304. The number of rotatable bonds is 13. The van der Waals surface area contributed by atoms with E-state index in [0.29, 0.717) is 6.61 Å². The van der Waals surface area contributed by atoms with Gasteiger partial charge in [-0.3, -0.25) is 8.42 Å². The van der Waals surface area contributed by atoms with Crippen LogP contribution in [0.15, 0.2) is 12.8 Å². The molecule has 0 bridgehead atoms. The van der Waals surface area contributed by atoms with Gasteiger partial charge < -0.3 is 14.0 Å². The van der Waals surface area contributed by atoms with Gasteiger partial charge in [-0.1, -0.05) is 71.3 Å². The van der Waals surface area contributed by atoms with E-state index in [1.54, 1.807) is 0 Å². The van der Waals surface area contributed by atoms with E-state index >= 15 is 0 Å². The Kier molecular flexibility index (Phi) is 35.7. The minimum absolute atomic E-state index is 0. The first kappa shape index (κ1) is 32.1. The van der Waals surface area contributed by atoms with E-state index < -0.39 is 10.4 Å². The average molecular weight is 370 g/mol. The zero-order chi connectivity index (χ0) is 16.4. The zero-order valence-corrected chi connectivity index (χ0v) is 19.7. The van der Waals surface area contributed by atoms with Gasteiger partial charge in [-0.15, -0.1) is 0 Å². The van der Waals surface area contributed by atoms with Gasteiger partial charge in [-0.05, 0) is 6.42 Å². The summed E-state index contributed by atoms with van der Waals surface area (Å²) in [5.41, 5.74) is 0. The Morgan fingerprint density at radius 3 is 1.57 bits per heavy atom. The summed E-state index contributed by atoms with van der Waals surface area (Å²) in [6.45, 7) is 6.35. The van der Waals surface area contributed by atoms with Crippen molar-refractivity contribution in [1.82, 2.24) is 0 Å². The Morgan fingerprint density at radius 1 is 0.870 bits per heavy atom. The molecular weight excluding hydrogens is 342 g/mol. The van der Waals surface area contributed by atoms with Crippen LogP contribution >= 0.6 is 0 Å². The quantitative estimate of drug-likeness (QED) is 0.0686. The van der Waals surface area contributed by atoms with E-state index in [9.17, 15) is 0 Å². The van der Waals surface area contributed by atoms with Gasteiger partial charge in [0, 0.05) is 10.4 Å². The third-order valence-corrected chi connectivity index (χ3v) is 2.72. The first-order chi connectivity index (χ1) is 9.91. The van der Waals surface area contributed by atoms with Crippen molar-refractivity contribution < 1.29 is 86.4 Å². The van der Waals surface area contributed by atoms with Crippen molar-refractivity contribution >= 4 is 10.4 Å². The fourth-order valence-electron chi connectivity index (χ4n) is 1.74. The molecule has 0 aromatic rings. The molecule has 6 nitrogen and oxygen atoms in total. The molecule has 0 aromatic heterocycles. The molecule has 0 radical (unpaired) electrons. The summed E-state index contributed by atoms with van der Waals surface area (Å²) in [7, 11) is -5.17. The molecule has 0 amide bonds. The second-order valence-corrected chi connectivity index (χ2v) is 5.49. The Morgan fingerprint density at radius 2 is 1.22 bits per heavy atom. The maximum Gasteiger partial charge on any atom is 1.00 e. The molecule has 9 heteroatoms. The number of unbranched alkanes of at least 4 members (excludes halogenated alkanes) is 9. The number of hydrogen-bond acceptors (Lipinski definition) is 6. The van der Waals surface area contributed by atoms with Crippen molar-refractivity contribution in [2.75, 3.05) is 6.61 Å². The topological polar surface area (TPSA) is 98.7 Å². The number of hydrogen-bond donors (Lipinski definition) is 0. The summed E-state index contributed by atoms with van der Waals surface area (Å²) in [5, 5.41) is 0. The van der Waals surface area contributed by atoms with E-state index in [1.165, 1.54) is 64.0 Å². The molecule has 0 aliphatic carbocycles. The second kappa shape index (κ2) is 25.6. The van der Waals surface area contributed by atoms with Gasteiger partial charge in [-0.25, -0.2) is 0 Å². The monoisotopic (exact) mass is 370 g/mol. The standard InChI is InChI=1S/C14H28O2.2Na.H2O4S/c1-3-5-6-7-8-9-10-11-12-13-14-16-15-4-2;;;1-5(2,3)4/h4H,2-3,5-14H2,1H3;;;(H2,1,2,3,4)/q;2*+1;/p-2. The van der Waals surface area contributed by atoms with Gasteiger partial charge in [0.05, 0.1) is 6.61 Å². The molecule has 0 rings (SSSR count). The third-order valence-electron chi connectivity index (χ3n) is 2.72. The maximum absolute atomic E-state index is 8.52. The minimum atomic E-state index is -5.17. The molecule has 0 fully saturated rings. The van der Waals surface area contributed by atoms with Gasteiger partial charge in [0.15, 0.2) is 0 Å². The van der Waals surface area contributed by atoms with Gasteiger partial charge in [0.2, 0.25) is 0 Å². The van der Waals surface area contributed by atoms with Crippen LogP contribution in [-0.2, 0) is 20.2 Å². The Balaban J connectivity index is -0.000000225. The van der Waals surface area contributed by atoms with Crippen molar-refractivity contribution in [2.45, 2.75) is 71.1 Å². The largest absolute Gasteiger partial charge is 1.00 e. The minimum Gasteiger partial charge on any atom is -0.759 e. The molecule has 23 heavy (non-hydrogen) atoms. The molecule has 128 valence electrons. The molecule has 0 aliphatic heterocycles. The van der Waals surface area contributed by atoms with Crippen LogP contribution in [-0.4, -0.2) is 24.1 Å². The molecule has 0 atom stereocenters. The molecule has 0 saturated heterocycles. The van der Waals surface area contributed by atoms with Crippen LogP contribution in [0, 0.1) is 0 Å².